The summed E-state index contributed by atoms with van der Waals surface area (Å²) in [5.41, 5.74) is 2.38. The second kappa shape index (κ2) is 8.27. The molecule has 8 nitrogen and oxygen atoms in total. The van der Waals surface area contributed by atoms with Crippen molar-refractivity contribution in [3.63, 3.8) is 0 Å². The van der Waals surface area contributed by atoms with E-state index in [2.05, 4.69) is 22.0 Å². The number of ether oxygens (including phenoxy) is 1. The van der Waals surface area contributed by atoms with E-state index in [1.165, 1.54) is 25.7 Å². The lowest BCUT2D eigenvalue weighted by atomic mass is 9.84. The van der Waals surface area contributed by atoms with Gasteiger partial charge in [0.25, 0.3) is 0 Å². The third-order valence-corrected chi connectivity index (χ3v) is 9.05. The Balaban J connectivity index is 1.41. The second-order valence-corrected chi connectivity index (χ2v) is 11.4. The van der Waals surface area contributed by atoms with Crippen molar-refractivity contribution in [2.45, 2.75) is 63.4 Å². The Hall–Kier alpha value is -2.68. The molecule has 2 saturated carbocycles. The number of hydrogen-bond donors (Lipinski definition) is 0. The van der Waals surface area contributed by atoms with Gasteiger partial charge in [-0.3, -0.25) is 0 Å². The van der Waals surface area contributed by atoms with Crippen molar-refractivity contribution in [3.05, 3.63) is 41.5 Å². The lowest BCUT2D eigenvalue weighted by Gasteiger charge is -2.30. The number of imidazole rings is 1. The predicted molar refractivity (Wildman–Crippen MR) is 123 cm³/mol. The van der Waals surface area contributed by atoms with Gasteiger partial charge in [0, 0.05) is 17.3 Å². The molecule has 0 saturated heterocycles. The van der Waals surface area contributed by atoms with Crippen molar-refractivity contribution >= 4 is 9.84 Å². The fourth-order valence-electron chi connectivity index (χ4n) is 5.77. The van der Waals surface area contributed by atoms with Crippen molar-refractivity contribution in [1.29, 1.82) is 0 Å². The first-order chi connectivity index (χ1) is 15.8. The molecule has 2 aliphatic rings. The van der Waals surface area contributed by atoms with Gasteiger partial charge in [0.2, 0.25) is 26.7 Å². The quantitative estimate of drug-likeness (QED) is 0.500. The molecule has 2 aromatic heterocycles. The molecule has 9 heteroatoms. The number of rotatable bonds is 7. The number of benzene rings is 1. The summed E-state index contributed by atoms with van der Waals surface area (Å²) in [6.07, 6.45) is 5.02. The van der Waals surface area contributed by atoms with Gasteiger partial charge in [-0.1, -0.05) is 11.6 Å². The molecule has 2 aliphatic carbocycles. The number of sulfone groups is 1. The van der Waals surface area contributed by atoms with Crippen molar-refractivity contribution in [1.82, 2.24) is 19.7 Å². The zero-order chi connectivity index (χ0) is 23.3. The highest BCUT2D eigenvalue weighted by Crippen LogP contribution is 2.52. The van der Waals surface area contributed by atoms with Gasteiger partial charge in [-0.05, 0) is 82.1 Å². The number of hydrogen-bond acceptors (Lipinski definition) is 7. The Kier molecular flexibility index (Phi) is 5.55. The molecule has 1 aromatic carbocycles. The zero-order valence-electron chi connectivity index (χ0n) is 19.5. The summed E-state index contributed by atoms with van der Waals surface area (Å²) in [6, 6.07) is 7.28. The fourth-order valence-corrected chi connectivity index (χ4v) is 7.22. The molecule has 0 unspecified atom stereocenters. The molecule has 3 aromatic rings. The van der Waals surface area contributed by atoms with Gasteiger partial charge in [-0.2, -0.15) is 4.98 Å². The maximum atomic E-state index is 13.5. The normalized spacial score (nSPS) is 23.2. The summed E-state index contributed by atoms with van der Waals surface area (Å²) in [5, 5.41) is 4.08. The van der Waals surface area contributed by atoms with E-state index in [9.17, 15) is 8.42 Å². The van der Waals surface area contributed by atoms with Crippen molar-refractivity contribution < 1.29 is 17.7 Å². The minimum absolute atomic E-state index is 0.0539. The Morgan fingerprint density at radius 1 is 1.15 bits per heavy atom. The zero-order valence-corrected chi connectivity index (χ0v) is 20.3. The van der Waals surface area contributed by atoms with Crippen LogP contribution in [0.15, 0.2) is 33.9 Å². The van der Waals surface area contributed by atoms with E-state index in [1.807, 2.05) is 18.4 Å². The number of aromatic nitrogens is 4. The van der Waals surface area contributed by atoms with Crippen LogP contribution in [0.4, 0.5) is 0 Å². The van der Waals surface area contributed by atoms with Gasteiger partial charge >= 0.3 is 0 Å². The van der Waals surface area contributed by atoms with Crippen molar-refractivity contribution in [2.75, 3.05) is 7.11 Å². The van der Waals surface area contributed by atoms with E-state index in [0.717, 1.165) is 22.9 Å². The molecule has 176 valence electrons. The van der Waals surface area contributed by atoms with E-state index >= 15 is 0 Å². The van der Waals surface area contributed by atoms with E-state index in [-0.39, 0.29) is 22.8 Å². The van der Waals surface area contributed by atoms with E-state index < -0.39 is 9.84 Å². The highest BCUT2D eigenvalue weighted by molar-refractivity contribution is 7.90. The summed E-state index contributed by atoms with van der Waals surface area (Å²) < 4.78 is 39.3. The highest BCUT2D eigenvalue weighted by atomic mass is 32.2. The molecular formula is C24H30N4O4S. The van der Waals surface area contributed by atoms with Crippen LogP contribution < -0.4 is 4.74 Å². The summed E-state index contributed by atoms with van der Waals surface area (Å²) in [6.45, 7) is 5.97. The third kappa shape index (κ3) is 3.96. The molecule has 0 aliphatic heterocycles. The monoisotopic (exact) mass is 470 g/mol. The van der Waals surface area contributed by atoms with Crippen LogP contribution in [0.5, 0.6) is 5.75 Å². The molecular weight excluding hydrogens is 440 g/mol. The smallest absolute Gasteiger partial charge is 0.242 e. The maximum absolute atomic E-state index is 13.5. The number of fused-ring (bicyclic) bond motifs is 2. The van der Waals surface area contributed by atoms with Gasteiger partial charge in [0.05, 0.1) is 12.8 Å². The average Bonchev–Trinajstić information content (AvgIpc) is 3.59. The predicted octanol–water partition coefficient (Wildman–Crippen LogP) is 4.53. The van der Waals surface area contributed by atoms with Crippen LogP contribution in [-0.2, 0) is 15.6 Å². The molecule has 2 heterocycles. The Labute approximate surface area is 194 Å². The Bertz CT molecular complexity index is 1260. The van der Waals surface area contributed by atoms with Crippen LogP contribution in [0.3, 0.4) is 0 Å². The van der Waals surface area contributed by atoms with Crippen molar-refractivity contribution in [3.8, 4) is 17.1 Å². The third-order valence-electron chi connectivity index (χ3n) is 7.58. The van der Waals surface area contributed by atoms with Crippen LogP contribution in [0.25, 0.3) is 11.4 Å². The lowest BCUT2D eigenvalue weighted by molar-refractivity contribution is 0.231. The van der Waals surface area contributed by atoms with Gasteiger partial charge in [0.15, 0.2) is 0 Å². The van der Waals surface area contributed by atoms with Gasteiger partial charge in [-0.15, -0.1) is 0 Å². The standard InChI is InChI=1S/C24H30N4O4S/c1-14-15(2)28(16(3)21-12-17-5-6-19(21)11-17)24(25-14)33(29,30)13-22-26-23(27-32-22)18-7-9-20(31-4)10-8-18/h7-10,16-17,19,21H,5-6,11-13H2,1-4H3/t16-,17+,19+,21-/m1/s1. The summed E-state index contributed by atoms with van der Waals surface area (Å²) in [7, 11) is -2.18. The number of methoxy groups -OCH3 is 1. The molecule has 33 heavy (non-hydrogen) atoms. The van der Waals surface area contributed by atoms with Crippen LogP contribution >= 0.6 is 0 Å². The largest absolute Gasteiger partial charge is 0.497 e. The van der Waals surface area contributed by atoms with Gasteiger partial charge in [-0.25, -0.2) is 13.4 Å². The lowest BCUT2D eigenvalue weighted by Crippen LogP contribution is -2.25. The van der Waals surface area contributed by atoms with Crippen LogP contribution in [-0.4, -0.2) is 35.2 Å². The van der Waals surface area contributed by atoms with Crippen LogP contribution in [0, 0.1) is 31.6 Å². The first-order valence-corrected chi connectivity index (χ1v) is 13.2. The van der Waals surface area contributed by atoms with E-state index in [0.29, 0.717) is 23.4 Å². The minimum Gasteiger partial charge on any atom is -0.497 e. The molecule has 2 bridgehead atoms. The van der Waals surface area contributed by atoms with Gasteiger partial charge < -0.3 is 13.8 Å². The van der Waals surface area contributed by atoms with E-state index in [4.69, 9.17) is 9.26 Å². The first kappa shape index (κ1) is 22.1. The Morgan fingerprint density at radius 3 is 2.55 bits per heavy atom. The average molecular weight is 471 g/mol. The second-order valence-electron chi connectivity index (χ2n) is 9.51. The number of aryl methyl sites for hydroxylation is 1. The van der Waals surface area contributed by atoms with Gasteiger partial charge in [0.1, 0.15) is 11.5 Å². The molecule has 0 N–H and O–H groups in total. The summed E-state index contributed by atoms with van der Waals surface area (Å²) >= 11 is 0. The molecule has 0 spiro atoms. The molecule has 0 radical (unpaired) electrons. The molecule has 2 fully saturated rings. The van der Waals surface area contributed by atoms with Crippen molar-refractivity contribution in [2.24, 2.45) is 17.8 Å². The van der Waals surface area contributed by atoms with Crippen LogP contribution in [0.2, 0.25) is 0 Å². The maximum Gasteiger partial charge on any atom is 0.242 e. The summed E-state index contributed by atoms with van der Waals surface area (Å²) in [4.78, 5) is 8.81. The van der Waals surface area contributed by atoms with E-state index in [1.54, 1.807) is 31.4 Å². The fraction of sp³-hybridized carbons (Fsp3) is 0.542. The topological polar surface area (TPSA) is 100 Å². The SMILES string of the molecule is COc1ccc(-c2noc(CS(=O)(=O)c3nc(C)c(C)n3[C@H](C)[C@H]3C[C@H]4CC[C@H]3C4)n2)cc1. The highest BCUT2D eigenvalue weighted by Gasteiger charge is 2.43. The minimum atomic E-state index is -3.78. The molecule has 4 atom stereocenters. The summed E-state index contributed by atoms with van der Waals surface area (Å²) in [5.74, 6) is 2.71. The molecule has 5 rings (SSSR count). The molecule has 0 amide bonds. The Morgan fingerprint density at radius 2 is 1.91 bits per heavy atom. The number of nitrogens with zero attached hydrogens (tertiary/aromatic N) is 4. The van der Waals surface area contributed by atoms with Crippen LogP contribution in [0.1, 0.15) is 55.9 Å². The first-order valence-electron chi connectivity index (χ1n) is 11.5.